The van der Waals surface area contributed by atoms with Gasteiger partial charge in [0.1, 0.15) is 5.75 Å². The largest absolute Gasteiger partial charge is 0.491 e. The lowest BCUT2D eigenvalue weighted by molar-refractivity contribution is -0.135. The number of nitrogens with one attached hydrogen (secondary N) is 1. The summed E-state index contributed by atoms with van der Waals surface area (Å²) in [5.41, 5.74) is 2.35. The predicted octanol–water partition coefficient (Wildman–Crippen LogP) is 5.96. The zero-order valence-corrected chi connectivity index (χ0v) is 29.7. The zero-order valence-electron chi connectivity index (χ0n) is 28.2. The molecule has 0 unspecified atom stereocenters. The number of nitrogens with zero attached hydrogens (tertiary/aromatic N) is 1. The maximum absolute atomic E-state index is 13.4. The molecule has 1 fully saturated rings. The second-order valence-corrected chi connectivity index (χ2v) is 16.3. The molecule has 2 bridgehead atoms. The highest BCUT2D eigenvalue weighted by Crippen LogP contribution is 2.47. The Balaban J connectivity index is 1.54. The highest BCUT2D eigenvalue weighted by molar-refractivity contribution is 7.90. The highest BCUT2D eigenvalue weighted by atomic mass is 35.5. The van der Waals surface area contributed by atoms with Crippen molar-refractivity contribution < 1.29 is 32.5 Å². The monoisotopic (exact) mass is 690 g/mol. The quantitative estimate of drug-likeness (QED) is 0.326. The molecule has 9 nitrogen and oxygen atoms in total. The third kappa shape index (κ3) is 8.27. The maximum atomic E-state index is 13.4. The van der Waals surface area contributed by atoms with Crippen LogP contribution in [0.4, 0.5) is 5.69 Å². The van der Waals surface area contributed by atoms with E-state index in [2.05, 4.69) is 22.6 Å². The fraction of sp³-hybridized carbons (Fsp3) is 0.639. The number of rotatable bonds is 8. The van der Waals surface area contributed by atoms with E-state index >= 15 is 0 Å². The Morgan fingerprint density at radius 2 is 1.91 bits per heavy atom. The van der Waals surface area contributed by atoms with Crippen molar-refractivity contribution in [3.05, 3.63) is 58.1 Å². The number of fused-ring (bicyclic) bond motifs is 2. The molecule has 2 N–H and O–H groups in total. The van der Waals surface area contributed by atoms with Crippen molar-refractivity contribution in [1.82, 2.24) is 4.72 Å². The van der Waals surface area contributed by atoms with E-state index < -0.39 is 26.8 Å². The van der Waals surface area contributed by atoms with Crippen molar-refractivity contribution in [1.29, 1.82) is 0 Å². The fourth-order valence-corrected chi connectivity index (χ4v) is 9.04. The minimum absolute atomic E-state index is 0.0122. The predicted molar refractivity (Wildman–Crippen MR) is 185 cm³/mol. The number of amides is 1. The molecule has 2 aromatic carbocycles. The minimum Gasteiger partial charge on any atom is -0.491 e. The van der Waals surface area contributed by atoms with Gasteiger partial charge in [-0.05, 0) is 98.2 Å². The number of aryl methyl sites for hydroxylation is 1. The minimum atomic E-state index is -3.95. The van der Waals surface area contributed by atoms with Gasteiger partial charge in [-0.1, -0.05) is 44.4 Å². The number of halogens is 1. The van der Waals surface area contributed by atoms with Gasteiger partial charge in [-0.3, -0.25) is 4.79 Å². The average molecular weight is 691 g/mol. The van der Waals surface area contributed by atoms with E-state index in [0.717, 1.165) is 31.4 Å². The number of ether oxygens (including phenoxy) is 3. The number of hydrogen-bond acceptors (Lipinski definition) is 8. The van der Waals surface area contributed by atoms with Crippen molar-refractivity contribution in [3.63, 3.8) is 0 Å². The first-order valence-corrected chi connectivity index (χ1v) is 19.0. The molecule has 1 saturated carbocycles. The van der Waals surface area contributed by atoms with Gasteiger partial charge in [0, 0.05) is 36.7 Å². The summed E-state index contributed by atoms with van der Waals surface area (Å²) in [6.07, 6.45) is 5.48. The Morgan fingerprint density at radius 1 is 1.11 bits per heavy atom. The number of anilines is 1. The van der Waals surface area contributed by atoms with Crippen LogP contribution in [-0.4, -0.2) is 76.9 Å². The molecule has 5 rings (SSSR count). The molecule has 2 heterocycles. The summed E-state index contributed by atoms with van der Waals surface area (Å²) in [5.74, 6) is 0.0176. The lowest BCUT2D eigenvalue weighted by atomic mass is 9.63. The van der Waals surface area contributed by atoms with Crippen LogP contribution in [0.15, 0.2) is 36.4 Å². The van der Waals surface area contributed by atoms with Crippen LogP contribution < -0.4 is 14.4 Å². The van der Waals surface area contributed by atoms with Crippen LogP contribution >= 0.6 is 11.6 Å². The second kappa shape index (κ2) is 15.5. The smallest absolute Gasteiger partial charge is 0.264 e. The SMILES string of the molecule is CCCc1cc(Cl)ccc1[C@@H]1COc2ccc3cc2N(C1)C[C@@H]1CC[C@H]1[C@@](O)(COCCOC)CCC[C@H](C)[C@@H](C)S(=O)(=O)NC3=O. The van der Waals surface area contributed by atoms with Gasteiger partial charge < -0.3 is 24.2 Å². The summed E-state index contributed by atoms with van der Waals surface area (Å²) < 4.78 is 46.6. The maximum Gasteiger partial charge on any atom is 0.264 e. The van der Waals surface area contributed by atoms with Crippen LogP contribution in [0.1, 0.15) is 86.7 Å². The van der Waals surface area contributed by atoms with E-state index in [1.54, 1.807) is 32.2 Å². The molecule has 3 aliphatic rings. The Hall–Kier alpha value is -2.37. The topological polar surface area (TPSA) is 114 Å². The average Bonchev–Trinajstić information content (AvgIpc) is 3.19. The molecule has 0 spiro atoms. The third-order valence-electron chi connectivity index (χ3n) is 10.6. The number of methoxy groups -OCH3 is 1. The Kier molecular flexibility index (Phi) is 11.8. The van der Waals surface area contributed by atoms with Crippen LogP contribution in [0, 0.1) is 17.8 Å². The number of carbonyl (C=O) groups is 1. The Labute approximate surface area is 285 Å². The standard InChI is InChI=1S/C36H51ClN2O7S/c1-5-7-26-18-30(37)11-12-31(26)29-21-39-20-28-9-13-32(28)36(41,23-45-17-16-44-4)15-6-8-24(2)25(3)47(42,43)38-35(40)27-10-14-34(46-22-29)33(39)19-27/h10-12,14,18-19,24-25,28-29,32,41H,5-9,13,15-17,20-23H2,1-4H3,(H,38,40)/t24-,25+,28-,29-,32+,36-/m0/s1. The molecule has 2 aromatic rings. The van der Waals surface area contributed by atoms with Gasteiger partial charge in [-0.25, -0.2) is 13.1 Å². The molecule has 47 heavy (non-hydrogen) atoms. The Morgan fingerprint density at radius 3 is 2.64 bits per heavy atom. The van der Waals surface area contributed by atoms with E-state index in [1.807, 2.05) is 19.1 Å². The van der Waals surface area contributed by atoms with Crippen molar-refractivity contribution >= 4 is 33.2 Å². The highest BCUT2D eigenvalue weighted by Gasteiger charge is 2.47. The van der Waals surface area contributed by atoms with Gasteiger partial charge in [-0.2, -0.15) is 0 Å². The third-order valence-corrected chi connectivity index (χ3v) is 12.8. The van der Waals surface area contributed by atoms with Crippen LogP contribution in [-0.2, 0) is 25.9 Å². The van der Waals surface area contributed by atoms with Crippen LogP contribution in [0.5, 0.6) is 5.75 Å². The van der Waals surface area contributed by atoms with Crippen molar-refractivity contribution in [2.24, 2.45) is 17.8 Å². The van der Waals surface area contributed by atoms with Gasteiger partial charge >= 0.3 is 0 Å². The van der Waals surface area contributed by atoms with E-state index in [4.69, 9.17) is 25.8 Å². The fourth-order valence-electron chi connectivity index (χ4n) is 7.54. The number of benzene rings is 2. The van der Waals surface area contributed by atoms with Gasteiger partial charge in [0.2, 0.25) is 10.0 Å². The number of carbonyl (C=O) groups excluding carboxylic acids is 1. The molecule has 260 valence electrons. The van der Waals surface area contributed by atoms with Crippen molar-refractivity contribution in [3.8, 4) is 5.75 Å². The van der Waals surface area contributed by atoms with Crippen LogP contribution in [0.3, 0.4) is 0 Å². The Bertz CT molecular complexity index is 1500. The molecule has 0 radical (unpaired) electrons. The number of sulfonamides is 1. The van der Waals surface area contributed by atoms with Crippen LogP contribution in [0.2, 0.25) is 5.02 Å². The molecular formula is C36H51ClN2O7S. The van der Waals surface area contributed by atoms with Gasteiger partial charge in [0.05, 0.1) is 43.0 Å². The lowest BCUT2D eigenvalue weighted by Crippen LogP contribution is -2.53. The molecule has 2 aliphatic heterocycles. The van der Waals surface area contributed by atoms with Crippen molar-refractivity contribution in [2.45, 2.75) is 82.5 Å². The summed E-state index contributed by atoms with van der Waals surface area (Å²) in [6, 6.07) is 11.2. The number of aliphatic hydroxyl groups is 1. The first kappa shape index (κ1) is 35.9. The molecule has 6 atom stereocenters. The van der Waals surface area contributed by atoms with Gasteiger partial charge in [-0.15, -0.1) is 0 Å². The molecule has 0 aromatic heterocycles. The summed E-state index contributed by atoms with van der Waals surface area (Å²) in [4.78, 5) is 15.7. The van der Waals surface area contributed by atoms with Crippen molar-refractivity contribution in [2.75, 3.05) is 51.5 Å². The first-order valence-electron chi connectivity index (χ1n) is 17.1. The number of hydrogen-bond donors (Lipinski definition) is 2. The van der Waals surface area contributed by atoms with Crippen LogP contribution in [0.25, 0.3) is 0 Å². The molecule has 1 aliphatic carbocycles. The lowest BCUT2D eigenvalue weighted by Gasteiger charge is -2.49. The normalized spacial score (nSPS) is 29.5. The second-order valence-electron chi connectivity index (χ2n) is 13.8. The van der Waals surface area contributed by atoms with E-state index in [1.165, 1.54) is 11.1 Å². The molecule has 0 saturated heterocycles. The molecular weight excluding hydrogens is 640 g/mol. The summed E-state index contributed by atoms with van der Waals surface area (Å²) in [7, 11) is -2.32. The van der Waals surface area contributed by atoms with E-state index in [9.17, 15) is 18.3 Å². The molecule has 11 heteroatoms. The summed E-state index contributed by atoms with van der Waals surface area (Å²) in [6.45, 7) is 8.46. The molecule has 1 amide bonds. The zero-order chi connectivity index (χ0) is 33.8. The van der Waals surface area contributed by atoms with Gasteiger partial charge in [0.15, 0.2) is 0 Å². The summed E-state index contributed by atoms with van der Waals surface area (Å²) in [5, 5.41) is 12.2. The van der Waals surface area contributed by atoms with Gasteiger partial charge in [0.25, 0.3) is 5.91 Å². The van der Waals surface area contributed by atoms with E-state index in [0.29, 0.717) is 62.9 Å². The first-order chi connectivity index (χ1) is 22.5. The van der Waals surface area contributed by atoms with E-state index in [-0.39, 0.29) is 35.8 Å². The summed E-state index contributed by atoms with van der Waals surface area (Å²) >= 11 is 6.42.